The summed E-state index contributed by atoms with van der Waals surface area (Å²) in [5.41, 5.74) is 2.43. The van der Waals surface area contributed by atoms with E-state index < -0.39 is 12.1 Å². The molecule has 1 aromatic rings. The lowest BCUT2D eigenvalue weighted by molar-refractivity contribution is -0.146. The zero-order valence-corrected chi connectivity index (χ0v) is 10.6. The zero-order valence-electron chi connectivity index (χ0n) is 10.6. The van der Waals surface area contributed by atoms with Gasteiger partial charge in [0.2, 0.25) is 0 Å². The Morgan fingerprint density at radius 1 is 1.24 bits per heavy atom. The maximum absolute atomic E-state index is 10.5. The predicted octanol–water partition coefficient (Wildman–Crippen LogP) is 2.36. The summed E-state index contributed by atoms with van der Waals surface area (Å²) in [4.78, 5) is 10.5. The third kappa shape index (κ3) is 4.19. The number of carboxylic acids is 1. The Morgan fingerprint density at radius 3 is 2.18 bits per heavy atom. The van der Waals surface area contributed by atoms with Crippen LogP contribution in [0.4, 0.5) is 0 Å². The van der Waals surface area contributed by atoms with Gasteiger partial charge in [0.25, 0.3) is 0 Å². The Labute approximate surface area is 102 Å². The molecule has 3 heteroatoms. The van der Waals surface area contributed by atoms with Crippen molar-refractivity contribution in [2.24, 2.45) is 0 Å². The molecule has 3 nitrogen and oxygen atoms in total. The van der Waals surface area contributed by atoms with Gasteiger partial charge in [0.15, 0.2) is 6.10 Å². The number of carboxylic acid groups (broad SMARTS) is 1. The van der Waals surface area contributed by atoms with Crippen molar-refractivity contribution in [1.82, 2.24) is 0 Å². The highest BCUT2D eigenvalue weighted by Crippen LogP contribution is 2.22. The van der Waals surface area contributed by atoms with E-state index in [1.54, 1.807) is 0 Å². The van der Waals surface area contributed by atoms with Gasteiger partial charge in [-0.05, 0) is 29.4 Å². The Morgan fingerprint density at radius 2 is 1.76 bits per heavy atom. The number of aliphatic hydroxyl groups is 1. The molecule has 1 atom stereocenters. The summed E-state index contributed by atoms with van der Waals surface area (Å²) >= 11 is 0. The maximum atomic E-state index is 10.5. The van der Waals surface area contributed by atoms with Crippen LogP contribution in [0, 0.1) is 0 Å². The van der Waals surface area contributed by atoms with Gasteiger partial charge < -0.3 is 10.2 Å². The van der Waals surface area contributed by atoms with Gasteiger partial charge in [0.05, 0.1) is 0 Å². The van der Waals surface area contributed by atoms with E-state index in [0.29, 0.717) is 6.42 Å². The van der Waals surface area contributed by atoms with E-state index in [0.717, 1.165) is 5.56 Å². The van der Waals surface area contributed by atoms with Crippen molar-refractivity contribution < 1.29 is 15.0 Å². The third-order valence-corrected chi connectivity index (χ3v) is 2.81. The van der Waals surface area contributed by atoms with E-state index in [9.17, 15) is 9.90 Å². The summed E-state index contributed by atoms with van der Waals surface area (Å²) in [6, 6.07) is 8.11. The van der Waals surface area contributed by atoms with Crippen LogP contribution >= 0.6 is 0 Å². The predicted molar refractivity (Wildman–Crippen MR) is 67.1 cm³/mol. The molecule has 0 amide bonds. The summed E-state index contributed by atoms with van der Waals surface area (Å²) < 4.78 is 0. The summed E-state index contributed by atoms with van der Waals surface area (Å²) in [7, 11) is 0. The van der Waals surface area contributed by atoms with Crippen LogP contribution in [0.3, 0.4) is 0 Å². The molecular formula is C14H20O3. The minimum Gasteiger partial charge on any atom is -0.479 e. The minimum absolute atomic E-state index is 0.124. The SMILES string of the molecule is CC(C)(C)c1ccc(CCC(O)C(=O)O)cc1. The second-order valence-electron chi connectivity index (χ2n) is 5.34. The van der Waals surface area contributed by atoms with Gasteiger partial charge in [-0.3, -0.25) is 0 Å². The normalized spacial score (nSPS) is 13.4. The average Bonchev–Trinajstić information content (AvgIpc) is 2.25. The molecule has 0 aliphatic rings. The molecule has 0 radical (unpaired) electrons. The molecule has 0 heterocycles. The first-order chi connectivity index (χ1) is 7.80. The molecule has 1 unspecified atom stereocenters. The minimum atomic E-state index is -1.27. The number of hydrogen-bond donors (Lipinski definition) is 2. The van der Waals surface area contributed by atoms with Crippen molar-refractivity contribution in [1.29, 1.82) is 0 Å². The highest BCUT2D eigenvalue weighted by molar-refractivity contribution is 5.71. The van der Waals surface area contributed by atoms with Crippen LogP contribution < -0.4 is 0 Å². The van der Waals surface area contributed by atoms with Crippen molar-refractivity contribution in [2.45, 2.75) is 45.1 Å². The summed E-state index contributed by atoms with van der Waals surface area (Å²) in [6.07, 6.45) is -0.431. The fourth-order valence-electron chi connectivity index (χ4n) is 1.60. The maximum Gasteiger partial charge on any atom is 0.332 e. The van der Waals surface area contributed by atoms with E-state index in [-0.39, 0.29) is 11.8 Å². The summed E-state index contributed by atoms with van der Waals surface area (Å²) in [5.74, 6) is -1.16. The van der Waals surface area contributed by atoms with Crippen LogP contribution in [0.25, 0.3) is 0 Å². The Bertz CT molecular complexity index is 373. The van der Waals surface area contributed by atoms with E-state index in [2.05, 4.69) is 32.9 Å². The quantitative estimate of drug-likeness (QED) is 0.843. The number of aryl methyl sites for hydroxylation is 1. The Kier molecular flexibility index (Phi) is 4.29. The number of benzene rings is 1. The molecule has 0 saturated heterocycles. The number of aliphatic hydroxyl groups excluding tert-OH is 1. The first kappa shape index (κ1) is 13.7. The second kappa shape index (κ2) is 5.32. The van der Waals surface area contributed by atoms with Crippen molar-refractivity contribution in [3.63, 3.8) is 0 Å². The average molecular weight is 236 g/mol. The first-order valence-corrected chi connectivity index (χ1v) is 5.81. The van der Waals surface area contributed by atoms with Gasteiger partial charge in [-0.1, -0.05) is 45.0 Å². The highest BCUT2D eigenvalue weighted by atomic mass is 16.4. The Hall–Kier alpha value is -1.35. The molecule has 17 heavy (non-hydrogen) atoms. The summed E-state index contributed by atoms with van der Waals surface area (Å²) in [6.45, 7) is 6.45. The topological polar surface area (TPSA) is 57.5 Å². The number of carbonyl (C=O) groups is 1. The van der Waals surface area contributed by atoms with Crippen molar-refractivity contribution >= 4 is 5.97 Å². The molecule has 0 aromatic heterocycles. The van der Waals surface area contributed by atoms with Gasteiger partial charge in [-0.25, -0.2) is 4.79 Å². The molecule has 0 spiro atoms. The molecule has 1 rings (SSSR count). The fraction of sp³-hybridized carbons (Fsp3) is 0.500. The molecule has 0 bridgehead atoms. The van der Waals surface area contributed by atoms with Crippen LogP contribution in [0.5, 0.6) is 0 Å². The largest absolute Gasteiger partial charge is 0.479 e. The van der Waals surface area contributed by atoms with E-state index >= 15 is 0 Å². The smallest absolute Gasteiger partial charge is 0.332 e. The second-order valence-corrected chi connectivity index (χ2v) is 5.34. The molecular weight excluding hydrogens is 216 g/mol. The van der Waals surface area contributed by atoms with Crippen molar-refractivity contribution in [3.8, 4) is 0 Å². The van der Waals surface area contributed by atoms with Gasteiger partial charge in [0.1, 0.15) is 0 Å². The number of rotatable bonds is 4. The van der Waals surface area contributed by atoms with E-state index in [4.69, 9.17) is 5.11 Å². The van der Waals surface area contributed by atoms with Crippen LogP contribution in [-0.4, -0.2) is 22.3 Å². The lowest BCUT2D eigenvalue weighted by Crippen LogP contribution is -2.19. The zero-order chi connectivity index (χ0) is 13.1. The molecule has 94 valence electrons. The fourth-order valence-corrected chi connectivity index (χ4v) is 1.60. The molecule has 0 aliphatic carbocycles. The highest BCUT2D eigenvalue weighted by Gasteiger charge is 2.14. The van der Waals surface area contributed by atoms with Gasteiger partial charge in [0, 0.05) is 0 Å². The van der Waals surface area contributed by atoms with Gasteiger partial charge in [-0.2, -0.15) is 0 Å². The number of aliphatic carboxylic acids is 1. The van der Waals surface area contributed by atoms with Gasteiger partial charge >= 0.3 is 5.97 Å². The molecule has 1 aromatic carbocycles. The molecule has 0 aliphatic heterocycles. The van der Waals surface area contributed by atoms with Crippen molar-refractivity contribution in [3.05, 3.63) is 35.4 Å². The third-order valence-electron chi connectivity index (χ3n) is 2.81. The monoisotopic (exact) mass is 236 g/mol. The lowest BCUT2D eigenvalue weighted by Gasteiger charge is -2.19. The van der Waals surface area contributed by atoms with E-state index in [1.165, 1.54) is 5.56 Å². The number of hydrogen-bond acceptors (Lipinski definition) is 2. The van der Waals surface area contributed by atoms with Crippen LogP contribution in [0.15, 0.2) is 24.3 Å². The summed E-state index contributed by atoms with van der Waals surface area (Å²) in [5, 5.41) is 17.7. The van der Waals surface area contributed by atoms with Crippen LogP contribution in [0.2, 0.25) is 0 Å². The standard InChI is InChI=1S/C14H20O3/c1-14(2,3)11-7-4-10(5-8-11)6-9-12(15)13(16)17/h4-5,7-8,12,15H,6,9H2,1-3H3,(H,16,17). The Balaban J connectivity index is 2.60. The van der Waals surface area contributed by atoms with Gasteiger partial charge in [-0.15, -0.1) is 0 Å². The molecule has 0 saturated carbocycles. The lowest BCUT2D eigenvalue weighted by atomic mass is 9.86. The van der Waals surface area contributed by atoms with E-state index in [1.807, 2.05) is 12.1 Å². The first-order valence-electron chi connectivity index (χ1n) is 5.81. The van der Waals surface area contributed by atoms with Crippen molar-refractivity contribution in [2.75, 3.05) is 0 Å². The molecule has 2 N–H and O–H groups in total. The van der Waals surface area contributed by atoms with Crippen LogP contribution in [0.1, 0.15) is 38.3 Å². The molecule has 0 fully saturated rings. The van der Waals surface area contributed by atoms with Crippen LogP contribution in [-0.2, 0) is 16.6 Å².